The van der Waals surface area contributed by atoms with E-state index in [0.29, 0.717) is 33.4 Å². The summed E-state index contributed by atoms with van der Waals surface area (Å²) in [6.07, 6.45) is 0. The third-order valence-electron chi connectivity index (χ3n) is 4.73. The van der Waals surface area contributed by atoms with E-state index in [4.69, 9.17) is 0 Å². The Bertz CT molecular complexity index is 1190. The molecule has 1 aliphatic rings. The minimum atomic E-state index is -3.55. The topological polar surface area (TPSA) is 134 Å². The van der Waals surface area contributed by atoms with Gasteiger partial charge in [0.15, 0.2) is 5.82 Å². The second-order valence-corrected chi connectivity index (χ2v) is 9.28. The van der Waals surface area contributed by atoms with Crippen LogP contribution < -0.4 is 10.0 Å². The monoisotopic (exact) mass is 410 g/mol. The molecule has 0 atom stereocenters. The molecule has 0 aliphatic carbocycles. The van der Waals surface area contributed by atoms with Gasteiger partial charge in [-0.05, 0) is 37.5 Å². The smallest absolute Gasteiger partial charge is 0.234 e. The van der Waals surface area contributed by atoms with Gasteiger partial charge in [0.05, 0.1) is 40.5 Å². The number of rotatable bonds is 5. The molecule has 0 saturated carbocycles. The van der Waals surface area contributed by atoms with Crippen LogP contribution in [-0.4, -0.2) is 24.4 Å². The van der Waals surface area contributed by atoms with Crippen molar-refractivity contribution in [3.63, 3.8) is 0 Å². The summed E-state index contributed by atoms with van der Waals surface area (Å²) in [6, 6.07) is 9.77. The van der Waals surface area contributed by atoms with Crippen LogP contribution in [-0.2, 0) is 10.0 Å². The van der Waals surface area contributed by atoms with Crippen molar-refractivity contribution < 1.29 is 8.42 Å². The zero-order chi connectivity index (χ0) is 21.3. The highest BCUT2D eigenvalue weighted by atomic mass is 32.2. The lowest BCUT2D eigenvalue weighted by Gasteiger charge is -2.26. The van der Waals surface area contributed by atoms with E-state index in [9.17, 15) is 18.9 Å². The van der Waals surface area contributed by atoms with Gasteiger partial charge < -0.3 is 5.32 Å². The van der Waals surface area contributed by atoms with E-state index >= 15 is 0 Å². The molecule has 1 aromatic carbocycles. The number of nitrogens with zero attached hydrogens (tertiary/aromatic N) is 3. The van der Waals surface area contributed by atoms with Gasteiger partial charge in [0, 0.05) is 16.8 Å². The Morgan fingerprint density at radius 3 is 2.34 bits per heavy atom. The summed E-state index contributed by atoms with van der Waals surface area (Å²) in [5, 5.41) is 29.9. The first kappa shape index (κ1) is 20.4. The quantitative estimate of drug-likeness (QED) is 0.692. The average Bonchev–Trinajstić information content (AvgIpc) is 3.01. The molecule has 0 saturated heterocycles. The maximum absolute atomic E-state index is 12.3. The fourth-order valence-electron chi connectivity index (χ4n) is 3.54. The van der Waals surface area contributed by atoms with Crippen LogP contribution in [0.15, 0.2) is 40.7 Å². The first-order valence-corrected chi connectivity index (χ1v) is 10.8. The molecule has 0 bridgehead atoms. The normalized spacial score (nSPS) is 15.4. The Kier molecular flexibility index (Phi) is 5.36. The maximum atomic E-state index is 12.3. The lowest BCUT2D eigenvalue weighted by molar-refractivity contribution is 0.587. The lowest BCUT2D eigenvalue weighted by Crippen LogP contribution is -2.23. The molecule has 1 aromatic heterocycles. The predicted octanol–water partition coefficient (Wildman–Crippen LogP) is 3.24. The third-order valence-corrected chi connectivity index (χ3v) is 6.34. The van der Waals surface area contributed by atoms with Crippen molar-refractivity contribution in [2.45, 2.75) is 33.6 Å². The molecule has 3 N–H and O–H groups in total. The molecule has 0 amide bonds. The number of H-pyrrole nitrogens is 1. The van der Waals surface area contributed by atoms with E-state index in [2.05, 4.69) is 32.4 Å². The van der Waals surface area contributed by atoms with E-state index in [0.717, 1.165) is 5.56 Å². The van der Waals surface area contributed by atoms with Crippen molar-refractivity contribution in [2.75, 3.05) is 10.5 Å². The van der Waals surface area contributed by atoms with Crippen molar-refractivity contribution in [1.29, 1.82) is 10.5 Å². The van der Waals surface area contributed by atoms with Crippen LogP contribution in [0.25, 0.3) is 10.9 Å². The number of aromatic amines is 1. The lowest BCUT2D eigenvalue weighted by atomic mass is 9.81. The summed E-state index contributed by atoms with van der Waals surface area (Å²) < 4.78 is 27.2. The fourth-order valence-corrected chi connectivity index (χ4v) is 4.95. The average molecular weight is 411 g/mol. The highest BCUT2D eigenvalue weighted by Gasteiger charge is 2.30. The van der Waals surface area contributed by atoms with Gasteiger partial charge in [-0.3, -0.25) is 9.82 Å². The molecule has 2 heterocycles. The number of anilines is 1. The van der Waals surface area contributed by atoms with Gasteiger partial charge in [-0.1, -0.05) is 19.9 Å². The second kappa shape index (κ2) is 7.61. The maximum Gasteiger partial charge on any atom is 0.234 e. The highest BCUT2D eigenvalue weighted by molar-refractivity contribution is 7.92. The summed E-state index contributed by atoms with van der Waals surface area (Å²) in [5.74, 6) is -0.364. The highest BCUT2D eigenvalue weighted by Crippen LogP contribution is 2.38. The summed E-state index contributed by atoms with van der Waals surface area (Å²) in [4.78, 5) is 0. The summed E-state index contributed by atoms with van der Waals surface area (Å²) >= 11 is 0. The van der Waals surface area contributed by atoms with Gasteiger partial charge >= 0.3 is 0 Å². The number of dihydropyridines is 1. The first-order valence-electron chi connectivity index (χ1n) is 9.14. The van der Waals surface area contributed by atoms with Gasteiger partial charge in [-0.2, -0.15) is 15.6 Å². The summed E-state index contributed by atoms with van der Waals surface area (Å²) in [6.45, 7) is 7.25. The zero-order valence-corrected chi connectivity index (χ0v) is 17.5. The third kappa shape index (κ3) is 3.96. The van der Waals surface area contributed by atoms with E-state index in [1.807, 2.05) is 19.9 Å². The van der Waals surface area contributed by atoms with E-state index in [-0.39, 0.29) is 17.5 Å². The molecule has 0 fully saturated rings. The molecule has 150 valence electrons. The van der Waals surface area contributed by atoms with Crippen molar-refractivity contribution >= 4 is 26.7 Å². The van der Waals surface area contributed by atoms with E-state index < -0.39 is 15.9 Å². The van der Waals surface area contributed by atoms with Crippen LogP contribution in [0.4, 0.5) is 5.82 Å². The number of fused-ring (bicyclic) bond motifs is 1. The summed E-state index contributed by atoms with van der Waals surface area (Å²) in [5.41, 5.74) is 3.67. The van der Waals surface area contributed by atoms with Gasteiger partial charge in [0.2, 0.25) is 10.0 Å². The fraction of sp³-hybridized carbons (Fsp3) is 0.350. The molecule has 1 aliphatic heterocycles. The van der Waals surface area contributed by atoms with Crippen LogP contribution in [0.5, 0.6) is 0 Å². The summed E-state index contributed by atoms with van der Waals surface area (Å²) in [7, 11) is -3.55. The van der Waals surface area contributed by atoms with Crippen LogP contribution in [0.2, 0.25) is 0 Å². The zero-order valence-electron chi connectivity index (χ0n) is 16.7. The SMILES string of the molecule is CC1=C(C#N)C(c2ccc3[nH]nc(NS(=O)(=O)CC(C)C)c3c2)C(C#N)=C(C)N1. The Labute approximate surface area is 170 Å². The van der Waals surface area contributed by atoms with Gasteiger partial charge in [-0.15, -0.1) is 0 Å². The minimum absolute atomic E-state index is 0.0175. The van der Waals surface area contributed by atoms with Crippen LogP contribution in [0, 0.1) is 28.6 Å². The Morgan fingerprint density at radius 1 is 1.17 bits per heavy atom. The standard InChI is InChI=1S/C20H22N6O2S/c1-11(2)10-29(27,28)26-20-15-7-14(5-6-18(15)24-25-20)19-16(8-21)12(3)23-13(4)17(19)9-22/h5-7,11,19,23H,10H2,1-4H3,(H2,24,25,26). The molecule has 8 nitrogen and oxygen atoms in total. The van der Waals surface area contributed by atoms with Crippen molar-refractivity contribution in [3.8, 4) is 12.1 Å². The Morgan fingerprint density at radius 2 is 1.79 bits per heavy atom. The van der Waals surface area contributed by atoms with Crippen molar-refractivity contribution in [2.24, 2.45) is 5.92 Å². The second-order valence-electron chi connectivity index (χ2n) is 7.51. The van der Waals surface area contributed by atoms with Gasteiger partial charge in [-0.25, -0.2) is 8.42 Å². The number of sulfonamides is 1. The molecule has 9 heteroatoms. The number of benzene rings is 1. The van der Waals surface area contributed by atoms with Crippen molar-refractivity contribution in [3.05, 3.63) is 46.3 Å². The Hall–Kier alpha value is -3.30. The van der Waals surface area contributed by atoms with Crippen LogP contribution in [0.3, 0.4) is 0 Å². The van der Waals surface area contributed by atoms with E-state index in [1.54, 1.807) is 26.0 Å². The van der Waals surface area contributed by atoms with Gasteiger partial charge in [0.25, 0.3) is 0 Å². The van der Waals surface area contributed by atoms with E-state index in [1.165, 1.54) is 0 Å². The van der Waals surface area contributed by atoms with Crippen molar-refractivity contribution in [1.82, 2.24) is 15.5 Å². The molecule has 0 radical (unpaired) electrons. The number of allylic oxidation sites excluding steroid dienone is 4. The number of aromatic nitrogens is 2. The number of hydrogen-bond acceptors (Lipinski definition) is 6. The molecule has 0 unspecified atom stereocenters. The predicted molar refractivity (Wildman–Crippen MR) is 111 cm³/mol. The Balaban J connectivity index is 2.11. The molecular formula is C20H22N6O2S. The van der Waals surface area contributed by atoms with Crippen LogP contribution in [0.1, 0.15) is 39.2 Å². The molecule has 0 spiro atoms. The molecule has 3 rings (SSSR count). The number of hydrogen-bond donors (Lipinski definition) is 3. The van der Waals surface area contributed by atoms with Crippen LogP contribution >= 0.6 is 0 Å². The molecular weight excluding hydrogens is 388 g/mol. The molecule has 2 aromatic rings. The number of nitrogens with one attached hydrogen (secondary N) is 3. The first-order chi connectivity index (χ1) is 13.7. The largest absolute Gasteiger partial charge is 0.361 e. The molecule has 29 heavy (non-hydrogen) atoms. The minimum Gasteiger partial charge on any atom is -0.361 e. The van der Waals surface area contributed by atoms with Gasteiger partial charge in [0.1, 0.15) is 0 Å². The number of nitriles is 2.